The number of carbonyl (C=O) groups is 1. The number of amides is 1. The zero-order chi connectivity index (χ0) is 15.5. The van der Waals surface area contributed by atoms with Crippen molar-refractivity contribution in [3.8, 4) is 0 Å². The van der Waals surface area contributed by atoms with Crippen LogP contribution in [0.3, 0.4) is 0 Å². The first kappa shape index (κ1) is 15.6. The molecule has 0 aromatic heterocycles. The SMILES string of the molecule is NCC1CCCN1C(=O)/C=C/c1ccc(C(F)(F)F)cc1. The molecular weight excluding hydrogens is 281 g/mol. The van der Waals surface area contributed by atoms with E-state index in [0.29, 0.717) is 18.7 Å². The number of nitrogens with two attached hydrogens (primary N) is 1. The van der Waals surface area contributed by atoms with Crippen LogP contribution >= 0.6 is 0 Å². The number of hydrogen-bond donors (Lipinski definition) is 1. The number of benzene rings is 1. The fourth-order valence-corrected chi connectivity index (χ4v) is 2.42. The van der Waals surface area contributed by atoms with Crippen molar-refractivity contribution in [2.45, 2.75) is 25.1 Å². The second-order valence-corrected chi connectivity index (χ2v) is 5.02. The zero-order valence-electron chi connectivity index (χ0n) is 11.4. The Bertz CT molecular complexity index is 523. The lowest BCUT2D eigenvalue weighted by Crippen LogP contribution is -2.38. The molecule has 0 saturated carbocycles. The Morgan fingerprint density at radius 2 is 2.00 bits per heavy atom. The molecule has 114 valence electrons. The summed E-state index contributed by atoms with van der Waals surface area (Å²) < 4.78 is 37.3. The number of hydrogen-bond acceptors (Lipinski definition) is 2. The van der Waals surface area contributed by atoms with E-state index in [1.165, 1.54) is 24.3 Å². The van der Waals surface area contributed by atoms with Crippen molar-refractivity contribution in [3.05, 3.63) is 41.5 Å². The second kappa shape index (κ2) is 6.30. The van der Waals surface area contributed by atoms with Crippen LogP contribution in [0.15, 0.2) is 30.3 Å². The lowest BCUT2D eigenvalue weighted by atomic mass is 10.1. The van der Waals surface area contributed by atoms with Gasteiger partial charge < -0.3 is 10.6 Å². The summed E-state index contributed by atoms with van der Waals surface area (Å²) in [5.41, 5.74) is 5.46. The van der Waals surface area contributed by atoms with Crippen LogP contribution in [0.2, 0.25) is 0 Å². The molecule has 0 bridgehead atoms. The molecule has 1 saturated heterocycles. The first-order valence-electron chi connectivity index (χ1n) is 6.78. The van der Waals surface area contributed by atoms with Crippen LogP contribution in [0.1, 0.15) is 24.0 Å². The molecule has 21 heavy (non-hydrogen) atoms. The van der Waals surface area contributed by atoms with Gasteiger partial charge in [-0.25, -0.2) is 0 Å². The Kier molecular flexibility index (Phi) is 4.67. The second-order valence-electron chi connectivity index (χ2n) is 5.02. The van der Waals surface area contributed by atoms with E-state index >= 15 is 0 Å². The lowest BCUT2D eigenvalue weighted by Gasteiger charge is -2.21. The van der Waals surface area contributed by atoms with Gasteiger partial charge in [-0.3, -0.25) is 4.79 Å². The van der Waals surface area contributed by atoms with Gasteiger partial charge in [-0.15, -0.1) is 0 Å². The third-order valence-corrected chi connectivity index (χ3v) is 3.59. The molecule has 0 aliphatic carbocycles. The average Bonchev–Trinajstić information content (AvgIpc) is 2.92. The molecule has 0 radical (unpaired) electrons. The fourth-order valence-electron chi connectivity index (χ4n) is 2.42. The molecule has 2 rings (SSSR count). The van der Waals surface area contributed by atoms with Gasteiger partial charge >= 0.3 is 6.18 Å². The van der Waals surface area contributed by atoms with Gasteiger partial charge in [-0.2, -0.15) is 13.2 Å². The Morgan fingerprint density at radius 3 is 2.57 bits per heavy atom. The number of likely N-dealkylation sites (tertiary alicyclic amines) is 1. The first-order valence-corrected chi connectivity index (χ1v) is 6.78. The molecule has 6 heteroatoms. The molecule has 1 aromatic rings. The van der Waals surface area contributed by atoms with Crippen LogP contribution in [-0.4, -0.2) is 29.9 Å². The minimum absolute atomic E-state index is 0.0646. The number of carbonyl (C=O) groups excluding carboxylic acids is 1. The Hall–Kier alpha value is -1.82. The minimum atomic E-state index is -4.35. The van der Waals surface area contributed by atoms with Crippen molar-refractivity contribution >= 4 is 12.0 Å². The van der Waals surface area contributed by atoms with Crippen molar-refractivity contribution in [1.82, 2.24) is 4.90 Å². The summed E-state index contributed by atoms with van der Waals surface area (Å²) in [5, 5.41) is 0. The van der Waals surface area contributed by atoms with E-state index in [9.17, 15) is 18.0 Å². The van der Waals surface area contributed by atoms with Crippen molar-refractivity contribution in [2.75, 3.05) is 13.1 Å². The van der Waals surface area contributed by atoms with Gasteiger partial charge in [0.2, 0.25) is 5.91 Å². The highest BCUT2D eigenvalue weighted by atomic mass is 19.4. The standard InChI is InChI=1S/C15H17F3N2O/c16-15(17,18)12-6-3-11(4-7-12)5-8-14(21)20-9-1-2-13(20)10-19/h3-8,13H,1-2,9-10,19H2/b8-5+. The molecule has 1 atom stereocenters. The maximum Gasteiger partial charge on any atom is 0.416 e. The van der Waals surface area contributed by atoms with Crippen molar-refractivity contribution < 1.29 is 18.0 Å². The summed E-state index contributed by atoms with van der Waals surface area (Å²) in [5.74, 6) is -0.150. The molecular formula is C15H17F3N2O. The van der Waals surface area contributed by atoms with E-state index in [-0.39, 0.29) is 11.9 Å². The smallest absolute Gasteiger partial charge is 0.335 e. The largest absolute Gasteiger partial charge is 0.416 e. The number of rotatable bonds is 3. The molecule has 1 amide bonds. The van der Waals surface area contributed by atoms with Crippen LogP contribution in [-0.2, 0) is 11.0 Å². The van der Waals surface area contributed by atoms with Crippen LogP contribution in [0, 0.1) is 0 Å². The van der Waals surface area contributed by atoms with Crippen LogP contribution in [0.5, 0.6) is 0 Å². The van der Waals surface area contributed by atoms with E-state index in [1.807, 2.05) is 0 Å². The zero-order valence-corrected chi connectivity index (χ0v) is 11.4. The molecule has 1 aliphatic rings. The maximum absolute atomic E-state index is 12.4. The van der Waals surface area contributed by atoms with E-state index < -0.39 is 11.7 Å². The lowest BCUT2D eigenvalue weighted by molar-refractivity contribution is -0.137. The monoisotopic (exact) mass is 298 g/mol. The number of nitrogens with zero attached hydrogens (tertiary/aromatic N) is 1. The normalized spacial score (nSPS) is 19.4. The summed E-state index contributed by atoms with van der Waals surface area (Å²) in [4.78, 5) is 13.7. The average molecular weight is 298 g/mol. The van der Waals surface area contributed by atoms with Crippen molar-refractivity contribution in [1.29, 1.82) is 0 Å². The van der Waals surface area contributed by atoms with Crippen LogP contribution in [0.4, 0.5) is 13.2 Å². The summed E-state index contributed by atoms with van der Waals surface area (Å²) in [6, 6.07) is 4.76. The topological polar surface area (TPSA) is 46.3 Å². The summed E-state index contributed by atoms with van der Waals surface area (Å²) in [6.07, 6.45) is 0.394. The predicted molar refractivity (Wildman–Crippen MR) is 74.3 cm³/mol. The summed E-state index contributed by atoms with van der Waals surface area (Å²) in [7, 11) is 0. The van der Waals surface area contributed by atoms with Gasteiger partial charge in [0.25, 0.3) is 0 Å². The summed E-state index contributed by atoms with van der Waals surface area (Å²) >= 11 is 0. The minimum Gasteiger partial charge on any atom is -0.335 e. The van der Waals surface area contributed by atoms with E-state index in [4.69, 9.17) is 5.73 Å². The molecule has 2 N–H and O–H groups in total. The Morgan fingerprint density at radius 1 is 1.33 bits per heavy atom. The fraction of sp³-hybridized carbons (Fsp3) is 0.400. The molecule has 1 unspecified atom stereocenters. The first-order chi connectivity index (χ1) is 9.91. The Labute approximate surface area is 121 Å². The number of alkyl halides is 3. The third kappa shape index (κ3) is 3.85. The van der Waals surface area contributed by atoms with E-state index in [2.05, 4.69) is 0 Å². The van der Waals surface area contributed by atoms with Gasteiger partial charge in [0, 0.05) is 25.2 Å². The third-order valence-electron chi connectivity index (χ3n) is 3.59. The molecule has 1 fully saturated rings. The van der Waals surface area contributed by atoms with Gasteiger partial charge in [0.1, 0.15) is 0 Å². The molecule has 1 heterocycles. The molecule has 1 aliphatic heterocycles. The van der Waals surface area contributed by atoms with E-state index in [1.54, 1.807) is 4.90 Å². The van der Waals surface area contributed by atoms with Gasteiger partial charge in [0.15, 0.2) is 0 Å². The quantitative estimate of drug-likeness (QED) is 0.872. The summed E-state index contributed by atoms with van der Waals surface area (Å²) in [6.45, 7) is 1.11. The molecule has 0 spiro atoms. The molecule has 3 nitrogen and oxygen atoms in total. The van der Waals surface area contributed by atoms with Gasteiger partial charge in [0.05, 0.1) is 5.56 Å². The van der Waals surface area contributed by atoms with Crippen LogP contribution in [0.25, 0.3) is 6.08 Å². The van der Waals surface area contributed by atoms with Crippen molar-refractivity contribution in [3.63, 3.8) is 0 Å². The van der Waals surface area contributed by atoms with Gasteiger partial charge in [-0.05, 0) is 36.6 Å². The van der Waals surface area contributed by atoms with Crippen molar-refractivity contribution in [2.24, 2.45) is 5.73 Å². The van der Waals surface area contributed by atoms with E-state index in [0.717, 1.165) is 25.0 Å². The maximum atomic E-state index is 12.4. The highest BCUT2D eigenvalue weighted by Crippen LogP contribution is 2.29. The van der Waals surface area contributed by atoms with Gasteiger partial charge in [-0.1, -0.05) is 12.1 Å². The predicted octanol–water partition coefficient (Wildman–Crippen LogP) is 2.67. The molecule has 1 aromatic carbocycles. The Balaban J connectivity index is 2.02. The highest BCUT2D eigenvalue weighted by molar-refractivity contribution is 5.92. The van der Waals surface area contributed by atoms with Crippen LogP contribution < -0.4 is 5.73 Å². The highest BCUT2D eigenvalue weighted by Gasteiger charge is 2.30. The number of halogens is 3.